The second kappa shape index (κ2) is 10.1. The SMILES string of the molecule is O=C1NCCCCC1N1Cc2c(OCc3ccc(C(=O)N4CCOCC4)cc3)cccc2[C@@H]1O. The van der Waals surface area contributed by atoms with Gasteiger partial charge in [-0.25, -0.2) is 0 Å². The number of amides is 2. The number of aliphatic hydroxyl groups excluding tert-OH is 1. The zero-order valence-corrected chi connectivity index (χ0v) is 19.2. The van der Waals surface area contributed by atoms with Crippen LogP contribution >= 0.6 is 0 Å². The summed E-state index contributed by atoms with van der Waals surface area (Å²) in [5.41, 5.74) is 3.33. The Kier molecular flexibility index (Phi) is 6.80. The van der Waals surface area contributed by atoms with Crippen molar-refractivity contribution in [2.24, 2.45) is 0 Å². The lowest BCUT2D eigenvalue weighted by Crippen LogP contribution is -2.44. The minimum Gasteiger partial charge on any atom is -0.489 e. The summed E-state index contributed by atoms with van der Waals surface area (Å²) in [5.74, 6) is 0.716. The fraction of sp³-hybridized carbons (Fsp3) is 0.462. The van der Waals surface area contributed by atoms with E-state index < -0.39 is 6.23 Å². The molecule has 2 amide bonds. The number of carbonyl (C=O) groups is 2. The molecule has 3 aliphatic heterocycles. The molecular weight excluding hydrogens is 434 g/mol. The molecule has 0 saturated carbocycles. The molecule has 3 aliphatic rings. The maximum Gasteiger partial charge on any atom is 0.254 e. The summed E-state index contributed by atoms with van der Waals surface area (Å²) in [6, 6.07) is 12.8. The molecule has 0 aliphatic carbocycles. The molecule has 0 aromatic heterocycles. The van der Waals surface area contributed by atoms with Gasteiger partial charge in [-0.1, -0.05) is 24.3 Å². The van der Waals surface area contributed by atoms with Gasteiger partial charge in [-0.2, -0.15) is 0 Å². The Labute approximate surface area is 199 Å². The predicted octanol–water partition coefficient (Wildman–Crippen LogP) is 2.21. The van der Waals surface area contributed by atoms with Gasteiger partial charge in [0.2, 0.25) is 5.91 Å². The molecule has 2 fully saturated rings. The Morgan fingerprint density at radius 1 is 1.12 bits per heavy atom. The van der Waals surface area contributed by atoms with E-state index in [0.717, 1.165) is 36.0 Å². The number of carbonyl (C=O) groups excluding carboxylic acids is 2. The second-order valence-electron chi connectivity index (χ2n) is 9.06. The van der Waals surface area contributed by atoms with Gasteiger partial charge in [0.25, 0.3) is 5.91 Å². The lowest BCUT2D eigenvalue weighted by Gasteiger charge is -2.28. The fourth-order valence-corrected chi connectivity index (χ4v) is 4.95. The number of nitrogens with zero attached hydrogens (tertiary/aromatic N) is 2. The number of fused-ring (bicyclic) bond motifs is 1. The Morgan fingerprint density at radius 3 is 2.71 bits per heavy atom. The first-order valence-electron chi connectivity index (χ1n) is 12.0. The topological polar surface area (TPSA) is 91.3 Å². The predicted molar refractivity (Wildman–Crippen MR) is 125 cm³/mol. The van der Waals surface area contributed by atoms with Crippen molar-refractivity contribution < 1.29 is 24.2 Å². The summed E-state index contributed by atoms with van der Waals surface area (Å²) in [7, 11) is 0. The van der Waals surface area contributed by atoms with Crippen molar-refractivity contribution in [3.8, 4) is 5.75 Å². The number of hydrogen-bond donors (Lipinski definition) is 2. The van der Waals surface area contributed by atoms with Crippen LogP contribution in [0, 0.1) is 0 Å². The van der Waals surface area contributed by atoms with Gasteiger partial charge < -0.3 is 24.8 Å². The van der Waals surface area contributed by atoms with Crippen LogP contribution in [0.3, 0.4) is 0 Å². The third-order valence-electron chi connectivity index (χ3n) is 6.90. The summed E-state index contributed by atoms with van der Waals surface area (Å²) >= 11 is 0. The molecule has 2 aromatic rings. The molecule has 0 bridgehead atoms. The van der Waals surface area contributed by atoms with Crippen molar-refractivity contribution in [3.05, 3.63) is 64.7 Å². The van der Waals surface area contributed by atoms with E-state index in [0.29, 0.717) is 57.3 Å². The van der Waals surface area contributed by atoms with Crippen LogP contribution in [-0.2, 0) is 22.7 Å². The maximum absolute atomic E-state index is 12.6. The van der Waals surface area contributed by atoms with Crippen LogP contribution in [0.1, 0.15) is 52.5 Å². The van der Waals surface area contributed by atoms with E-state index in [2.05, 4.69) is 5.32 Å². The molecule has 180 valence electrons. The molecule has 34 heavy (non-hydrogen) atoms. The quantitative estimate of drug-likeness (QED) is 0.704. The van der Waals surface area contributed by atoms with E-state index in [1.54, 1.807) is 0 Å². The van der Waals surface area contributed by atoms with Crippen LogP contribution in [0.2, 0.25) is 0 Å². The lowest BCUT2D eigenvalue weighted by atomic mass is 10.1. The van der Waals surface area contributed by atoms with E-state index in [9.17, 15) is 14.7 Å². The van der Waals surface area contributed by atoms with Gasteiger partial charge in [-0.3, -0.25) is 14.5 Å². The molecule has 2 saturated heterocycles. The van der Waals surface area contributed by atoms with Crippen LogP contribution in [0.4, 0.5) is 0 Å². The molecule has 2 aromatic carbocycles. The van der Waals surface area contributed by atoms with E-state index in [4.69, 9.17) is 9.47 Å². The van der Waals surface area contributed by atoms with Crippen LogP contribution < -0.4 is 10.1 Å². The average Bonchev–Trinajstić information content (AvgIpc) is 3.06. The largest absolute Gasteiger partial charge is 0.489 e. The minimum absolute atomic E-state index is 0.0152. The lowest BCUT2D eigenvalue weighted by molar-refractivity contribution is -0.131. The maximum atomic E-state index is 12.6. The molecule has 2 N–H and O–H groups in total. The average molecular weight is 466 g/mol. The van der Waals surface area contributed by atoms with Crippen LogP contribution in [0.25, 0.3) is 0 Å². The minimum atomic E-state index is -0.821. The smallest absolute Gasteiger partial charge is 0.254 e. The van der Waals surface area contributed by atoms with E-state index in [-0.39, 0.29) is 17.9 Å². The Bertz CT molecular complexity index is 1040. The van der Waals surface area contributed by atoms with Crippen molar-refractivity contribution in [2.45, 2.75) is 44.7 Å². The first kappa shape index (κ1) is 22.8. The normalized spacial score (nSPS) is 23.2. The second-order valence-corrected chi connectivity index (χ2v) is 9.06. The van der Waals surface area contributed by atoms with Crippen LogP contribution in [-0.4, -0.2) is 65.6 Å². The number of benzene rings is 2. The summed E-state index contributed by atoms with van der Waals surface area (Å²) in [6.45, 7) is 3.91. The van der Waals surface area contributed by atoms with Gasteiger partial charge >= 0.3 is 0 Å². The van der Waals surface area contributed by atoms with Gasteiger partial charge in [0.05, 0.1) is 19.3 Å². The number of hydrogen-bond acceptors (Lipinski definition) is 6. The Balaban J connectivity index is 1.25. The monoisotopic (exact) mass is 465 g/mol. The third-order valence-corrected chi connectivity index (χ3v) is 6.90. The molecule has 1 unspecified atom stereocenters. The summed E-state index contributed by atoms with van der Waals surface area (Å²) < 4.78 is 11.5. The van der Waals surface area contributed by atoms with E-state index in [1.807, 2.05) is 52.3 Å². The van der Waals surface area contributed by atoms with Crippen molar-refractivity contribution >= 4 is 11.8 Å². The standard InChI is InChI=1S/C26H31N3O5/c30-24-22(5-1-2-11-27-24)29-16-21-20(26(29)32)4-3-6-23(21)34-17-18-7-9-19(10-8-18)25(31)28-12-14-33-15-13-28/h3-4,6-10,22,26,32H,1-2,5,11-17H2,(H,27,30)/t22?,26-/m0/s1. The van der Waals surface area contributed by atoms with E-state index >= 15 is 0 Å². The van der Waals surface area contributed by atoms with Crippen molar-refractivity contribution in [2.75, 3.05) is 32.8 Å². The van der Waals surface area contributed by atoms with Gasteiger partial charge in [0.15, 0.2) is 0 Å². The number of aliphatic hydroxyl groups is 1. The summed E-state index contributed by atoms with van der Waals surface area (Å²) in [4.78, 5) is 28.9. The van der Waals surface area contributed by atoms with Gasteiger partial charge in [0.1, 0.15) is 18.6 Å². The summed E-state index contributed by atoms with van der Waals surface area (Å²) in [5, 5.41) is 13.9. The van der Waals surface area contributed by atoms with Crippen molar-refractivity contribution in [1.29, 1.82) is 0 Å². The highest BCUT2D eigenvalue weighted by molar-refractivity contribution is 5.94. The first-order valence-corrected chi connectivity index (χ1v) is 12.0. The zero-order chi connectivity index (χ0) is 23.5. The number of morpholine rings is 1. The van der Waals surface area contributed by atoms with Crippen molar-refractivity contribution in [1.82, 2.24) is 15.1 Å². The van der Waals surface area contributed by atoms with Gasteiger partial charge in [-0.15, -0.1) is 0 Å². The molecule has 2 atom stereocenters. The molecule has 0 radical (unpaired) electrons. The number of nitrogens with one attached hydrogen (secondary N) is 1. The fourth-order valence-electron chi connectivity index (χ4n) is 4.95. The number of ether oxygens (including phenoxy) is 2. The van der Waals surface area contributed by atoms with Crippen LogP contribution in [0.15, 0.2) is 42.5 Å². The molecule has 8 heteroatoms. The number of rotatable bonds is 5. The zero-order valence-electron chi connectivity index (χ0n) is 19.2. The Hall–Kier alpha value is -2.94. The van der Waals surface area contributed by atoms with Gasteiger partial charge in [0, 0.05) is 42.9 Å². The molecule has 3 heterocycles. The van der Waals surface area contributed by atoms with Crippen molar-refractivity contribution in [3.63, 3.8) is 0 Å². The molecule has 5 rings (SSSR count). The highest BCUT2D eigenvalue weighted by Crippen LogP contribution is 2.39. The first-order chi connectivity index (χ1) is 16.6. The highest BCUT2D eigenvalue weighted by Gasteiger charge is 2.38. The molecule has 0 spiro atoms. The van der Waals surface area contributed by atoms with Gasteiger partial charge in [-0.05, 0) is 43.0 Å². The van der Waals surface area contributed by atoms with E-state index in [1.165, 1.54) is 0 Å². The summed E-state index contributed by atoms with van der Waals surface area (Å²) in [6.07, 6.45) is 1.83. The molecular formula is C26H31N3O5. The highest BCUT2D eigenvalue weighted by atomic mass is 16.5. The Morgan fingerprint density at radius 2 is 1.91 bits per heavy atom. The van der Waals surface area contributed by atoms with Crippen LogP contribution in [0.5, 0.6) is 5.75 Å². The molecule has 8 nitrogen and oxygen atoms in total. The third kappa shape index (κ3) is 4.66.